The molecular weight excluding hydrogens is 1510 g/mol. The first-order valence-corrected chi connectivity index (χ1v) is 42.3. The number of carbonyl (C=O) groups excluding carboxylic acids is 6. The highest BCUT2D eigenvalue weighted by molar-refractivity contribution is 5.93. The van der Waals surface area contributed by atoms with E-state index in [9.17, 15) is 33.2 Å². The normalized spacial score (nSPS) is 17.6. The molecule has 6 atom stereocenters. The Kier molecular flexibility index (Phi) is 35.6. The van der Waals surface area contributed by atoms with Gasteiger partial charge in [0.15, 0.2) is 12.3 Å². The number of benzene rings is 10. The van der Waals surface area contributed by atoms with Crippen molar-refractivity contribution in [3.63, 3.8) is 0 Å². The first-order valence-electron chi connectivity index (χ1n) is 42.3. The van der Waals surface area contributed by atoms with Crippen LogP contribution in [0.4, 0.5) is 10.1 Å². The molecule has 3 aliphatic heterocycles. The van der Waals surface area contributed by atoms with E-state index in [1.807, 2.05) is 160 Å². The highest BCUT2D eigenvalue weighted by atomic mass is 19.1. The van der Waals surface area contributed by atoms with Crippen molar-refractivity contribution in [2.24, 2.45) is 17.2 Å². The molecule has 3 fully saturated rings. The van der Waals surface area contributed by atoms with Gasteiger partial charge in [0.1, 0.15) is 11.6 Å². The number of nitrogens with two attached hydrogens (primary N) is 3. The molecule has 12 N–H and O–H groups in total. The van der Waals surface area contributed by atoms with Gasteiger partial charge in [-0.15, -0.1) is 0 Å². The monoisotopic (exact) mass is 1630 g/mol. The summed E-state index contributed by atoms with van der Waals surface area (Å²) < 4.78 is 18.5. The molecule has 3 aliphatic rings. The molecule has 0 aromatic heterocycles. The van der Waals surface area contributed by atoms with E-state index in [1.54, 1.807) is 24.3 Å². The molecule has 20 nitrogen and oxygen atoms in total. The topological polar surface area (TPSA) is 276 Å². The Labute approximate surface area is 711 Å². The molecule has 13 rings (SSSR count). The van der Waals surface area contributed by atoms with Gasteiger partial charge >= 0.3 is 0 Å². The lowest BCUT2D eigenvalue weighted by atomic mass is 9.90. The van der Waals surface area contributed by atoms with E-state index in [2.05, 4.69) is 134 Å². The van der Waals surface area contributed by atoms with Crippen molar-refractivity contribution in [3.8, 4) is 5.75 Å². The fraction of sp³-hybridized carbons (Fsp3) is 0.310. The minimum atomic E-state index is -0.374. The minimum absolute atomic E-state index is 0.0216. The Hall–Kier alpha value is -12.3. The fourth-order valence-corrected chi connectivity index (χ4v) is 15.7. The molecule has 121 heavy (non-hydrogen) atoms. The predicted octanol–water partition coefficient (Wildman–Crippen LogP) is 13.0. The van der Waals surface area contributed by atoms with Crippen LogP contribution >= 0.6 is 0 Å². The predicted molar refractivity (Wildman–Crippen MR) is 480 cm³/mol. The first kappa shape index (κ1) is 89.5. The van der Waals surface area contributed by atoms with Crippen molar-refractivity contribution in [2.75, 3.05) is 85.1 Å². The molecule has 10 aromatic carbocycles. The molecule has 6 amide bonds. The highest BCUT2D eigenvalue weighted by Gasteiger charge is 2.36. The van der Waals surface area contributed by atoms with Gasteiger partial charge in [-0.1, -0.05) is 243 Å². The number of nitrogens with one attached hydrogen (secondary N) is 6. The van der Waals surface area contributed by atoms with E-state index in [1.165, 1.54) is 58.0 Å². The summed E-state index contributed by atoms with van der Waals surface area (Å²) in [4.78, 5) is 88.3. The summed E-state index contributed by atoms with van der Waals surface area (Å²) in [5.74, 6) is -0.131. The van der Waals surface area contributed by atoms with Crippen LogP contribution in [0.5, 0.6) is 5.75 Å². The van der Waals surface area contributed by atoms with E-state index in [4.69, 9.17) is 28.5 Å². The molecule has 0 radical (unpaired) electrons. The van der Waals surface area contributed by atoms with E-state index in [0.29, 0.717) is 116 Å². The lowest BCUT2D eigenvalue weighted by molar-refractivity contribution is -0.133. The van der Waals surface area contributed by atoms with Gasteiger partial charge in [-0.05, 0) is 175 Å². The lowest BCUT2D eigenvalue weighted by Crippen LogP contribution is -2.49. The number of amides is 6. The first-order chi connectivity index (χ1) is 59.2. The highest BCUT2D eigenvalue weighted by Crippen LogP contribution is 2.32. The number of hydrogen-bond donors (Lipinski definition) is 9. The van der Waals surface area contributed by atoms with Gasteiger partial charge in [0.05, 0.1) is 24.7 Å². The van der Waals surface area contributed by atoms with Crippen LogP contribution in [0.1, 0.15) is 120 Å². The van der Waals surface area contributed by atoms with Crippen molar-refractivity contribution in [2.45, 2.75) is 112 Å². The SMILES string of the molecule is NCCC[C@@H]1N[C@H](CNC(=O)/C=C/c2ccc3ccccc3c2)CCN(CC(c2ccccc2)c2ccccc2)C1=O.NCCC[C@@H]1N[C@H](CNC(=O)COc2ccc(F)cc2)CCN(CC(c2ccccc2)c2ccccc2)C1=O.[C-]#[N+]c1ccc(/C=C/C(=O)NC[C@@H]2CCN(CC(c3ccccc3)c3ccccc3)C(=O)[C@H](CCCN)N2)cc1. The van der Waals surface area contributed by atoms with Crippen LogP contribution in [0.15, 0.2) is 285 Å². The molecule has 3 heterocycles. The van der Waals surface area contributed by atoms with Gasteiger partial charge < -0.3 is 68.5 Å². The molecule has 0 saturated carbocycles. The second kappa shape index (κ2) is 48.1. The van der Waals surface area contributed by atoms with Gasteiger partial charge in [-0.3, -0.25) is 28.8 Å². The maximum atomic E-state index is 13.8. The lowest BCUT2D eigenvalue weighted by Gasteiger charge is -2.29. The number of rotatable bonds is 34. The van der Waals surface area contributed by atoms with Crippen LogP contribution in [-0.4, -0.2) is 172 Å². The molecule has 0 unspecified atom stereocenters. The average Bonchev–Trinajstić information content (AvgIpc) is 1.72. The molecule has 0 aliphatic carbocycles. The zero-order valence-corrected chi connectivity index (χ0v) is 68.8. The molecule has 628 valence electrons. The summed E-state index contributed by atoms with van der Waals surface area (Å²) in [5.41, 5.74) is 26.9. The van der Waals surface area contributed by atoms with Gasteiger partial charge in [-0.2, -0.15) is 0 Å². The number of halogens is 1. The van der Waals surface area contributed by atoms with Crippen molar-refractivity contribution < 1.29 is 37.9 Å². The van der Waals surface area contributed by atoms with Gasteiger partial charge in [0.2, 0.25) is 29.5 Å². The second-order valence-corrected chi connectivity index (χ2v) is 30.9. The molecule has 3 saturated heterocycles. The summed E-state index contributed by atoms with van der Waals surface area (Å²) in [6, 6.07) is 87.7. The number of nitrogens with zero attached hydrogens (tertiary/aromatic N) is 4. The van der Waals surface area contributed by atoms with Crippen LogP contribution < -0.4 is 53.8 Å². The zero-order valence-electron chi connectivity index (χ0n) is 68.8. The molecule has 21 heteroatoms. The van der Waals surface area contributed by atoms with Crippen molar-refractivity contribution in [1.29, 1.82) is 0 Å². The minimum Gasteiger partial charge on any atom is -0.484 e. The third kappa shape index (κ3) is 28.2. The smallest absolute Gasteiger partial charge is 0.257 e. The fourth-order valence-electron chi connectivity index (χ4n) is 15.7. The van der Waals surface area contributed by atoms with Crippen LogP contribution in [0.3, 0.4) is 0 Å². The summed E-state index contributed by atoms with van der Waals surface area (Å²) >= 11 is 0. The Morgan fingerprint density at radius 2 is 0.760 bits per heavy atom. The van der Waals surface area contributed by atoms with Gasteiger partial charge in [0, 0.05) is 107 Å². The van der Waals surface area contributed by atoms with Crippen LogP contribution in [0.2, 0.25) is 0 Å². The Balaban J connectivity index is 0.000000177. The third-order valence-electron chi connectivity index (χ3n) is 22.3. The van der Waals surface area contributed by atoms with Crippen LogP contribution in [-0.2, 0) is 28.8 Å². The van der Waals surface area contributed by atoms with E-state index in [0.717, 1.165) is 59.7 Å². The number of ether oxygens (including phenoxy) is 1. The summed E-state index contributed by atoms with van der Waals surface area (Å²) in [6.07, 6.45) is 13.0. The van der Waals surface area contributed by atoms with E-state index >= 15 is 0 Å². The number of fused-ring (bicyclic) bond motifs is 1. The van der Waals surface area contributed by atoms with Gasteiger partial charge in [-0.25, -0.2) is 9.24 Å². The Morgan fingerprint density at radius 3 is 1.12 bits per heavy atom. The van der Waals surface area contributed by atoms with Crippen molar-refractivity contribution >= 4 is 64.1 Å². The number of carbonyl (C=O) groups is 6. The van der Waals surface area contributed by atoms with E-state index in [-0.39, 0.29) is 102 Å². The van der Waals surface area contributed by atoms with Crippen LogP contribution in [0, 0.1) is 12.4 Å². The van der Waals surface area contributed by atoms with Crippen molar-refractivity contribution in [1.82, 2.24) is 46.6 Å². The average molecular weight is 1630 g/mol. The summed E-state index contributed by atoms with van der Waals surface area (Å²) in [6.45, 7) is 13.2. The van der Waals surface area contributed by atoms with Crippen molar-refractivity contribution in [3.05, 3.63) is 347 Å². The maximum absolute atomic E-state index is 13.8. The van der Waals surface area contributed by atoms with Crippen LogP contribution in [0.25, 0.3) is 27.8 Å². The largest absolute Gasteiger partial charge is 0.484 e. The molecule has 0 spiro atoms. The second-order valence-electron chi connectivity index (χ2n) is 30.9. The van der Waals surface area contributed by atoms with Gasteiger partial charge in [0.25, 0.3) is 5.91 Å². The summed E-state index contributed by atoms with van der Waals surface area (Å²) in [7, 11) is 0. The standard InChI is InChI=1S/C36H40N4O2.C33H37N5O2.C31H37FN4O3/c37-22-9-16-34-36(42)40(26-33(29-11-3-1-4-12-29)30-13-5-2-6-14-30)23-21-32(39-34)25-38-35(41)20-18-27-17-19-28-10-7-8-15-31(28)24-27;1-35-28-17-14-25(15-18-28)16-19-32(39)36-23-29-20-22-38(33(40)31(37-29)13-8-21-34)24-30(26-9-4-2-5-10-26)27-11-6-3-7-12-27;32-25-13-15-27(16-14-25)39-22-30(37)34-20-26-17-19-36(31(38)29(35-26)12-7-18-33)21-28(23-8-3-1-4-9-23)24-10-5-2-6-11-24/h1-8,10-15,17-20,24,32-34,39H,9,16,21-23,25-26,37H2,(H,38,41);2-7,9-12,14-19,29-31,37H,8,13,20-24,34H2,(H,36,39);1-6,8-11,13-16,26,28-29,35H,7,12,17-22,33H2,(H,34,37)/b20-18+;19-16+;/t32-,34-;29-,31-;26-,29-/m000/s1. The Morgan fingerprint density at radius 1 is 0.430 bits per heavy atom. The molecule has 0 bridgehead atoms. The third-order valence-corrected chi connectivity index (χ3v) is 22.3. The number of hydrogen-bond acceptors (Lipinski definition) is 13. The zero-order chi connectivity index (χ0) is 84.8. The Bertz CT molecular complexity index is 4840. The maximum Gasteiger partial charge on any atom is 0.257 e. The molecular formula is C100H114FN13O7. The molecule has 10 aromatic rings. The summed E-state index contributed by atoms with van der Waals surface area (Å²) in [5, 5.41) is 21.8. The quantitative estimate of drug-likeness (QED) is 0.0134. The van der Waals surface area contributed by atoms with E-state index < -0.39 is 0 Å².